The van der Waals surface area contributed by atoms with Gasteiger partial charge in [0.15, 0.2) is 0 Å². The fourth-order valence-electron chi connectivity index (χ4n) is 10.1. The third-order valence-corrected chi connectivity index (χ3v) is 12.9. The third kappa shape index (κ3) is 4.56. The van der Waals surface area contributed by atoms with E-state index in [2.05, 4.69) is 200 Å². The van der Waals surface area contributed by atoms with Crippen LogP contribution in [0.4, 0.5) is 34.1 Å². The molecule has 4 nitrogen and oxygen atoms in total. The van der Waals surface area contributed by atoms with Gasteiger partial charge in [0.25, 0.3) is 6.71 Å². The van der Waals surface area contributed by atoms with E-state index >= 15 is 0 Å². The van der Waals surface area contributed by atoms with E-state index in [0.29, 0.717) is 0 Å². The zero-order valence-electron chi connectivity index (χ0n) is 33.0. The number of nitrogens with zero attached hydrogens (tertiary/aromatic N) is 2. The van der Waals surface area contributed by atoms with Crippen LogP contribution in [0, 0.1) is 0 Å². The van der Waals surface area contributed by atoms with Gasteiger partial charge >= 0.3 is 0 Å². The Labute approximate surface area is 341 Å². The van der Waals surface area contributed by atoms with Gasteiger partial charge in [-0.25, -0.2) is 0 Å². The van der Waals surface area contributed by atoms with Crippen LogP contribution in [0.5, 0.6) is 0 Å². The molecule has 59 heavy (non-hydrogen) atoms. The molecule has 0 saturated heterocycles. The summed E-state index contributed by atoms with van der Waals surface area (Å²) in [6, 6.07) is 62.0. The minimum Gasteiger partial charge on any atom is -0.455 e. The molecule has 278 valence electrons. The van der Waals surface area contributed by atoms with Crippen LogP contribution in [0.25, 0.3) is 65.4 Å². The summed E-state index contributed by atoms with van der Waals surface area (Å²) in [5, 5.41) is 9.07. The Balaban J connectivity index is 1.19. The smallest absolute Gasteiger partial charge is 0.252 e. The van der Waals surface area contributed by atoms with Crippen molar-refractivity contribution in [2.75, 3.05) is 9.80 Å². The molecule has 0 unspecified atom stereocenters. The van der Waals surface area contributed by atoms with E-state index in [4.69, 9.17) is 8.83 Å². The van der Waals surface area contributed by atoms with E-state index in [1.165, 1.54) is 44.1 Å². The van der Waals surface area contributed by atoms with Crippen LogP contribution in [0.1, 0.15) is 26.3 Å². The molecule has 0 N–H and O–H groups in total. The molecule has 0 fully saturated rings. The second-order valence-electron chi connectivity index (χ2n) is 17.3. The van der Waals surface area contributed by atoms with E-state index in [1.807, 2.05) is 0 Å². The molecule has 0 spiro atoms. The monoisotopic (exact) mass is 756 g/mol. The molecule has 0 amide bonds. The van der Waals surface area contributed by atoms with Gasteiger partial charge in [-0.2, -0.15) is 0 Å². The largest absolute Gasteiger partial charge is 0.455 e. The SMILES string of the molecule is CC(C)(C)c1cc2c3c(c1)N(c1ccccc1)c1cc4c(cc1B3c1cc3oc5c6ccccc6ccc5c3cc1N2c1ccccc1)oc1c2ccccc2ccc41. The summed E-state index contributed by atoms with van der Waals surface area (Å²) < 4.78 is 13.9. The number of furan rings is 2. The minimum atomic E-state index is -0.121. The van der Waals surface area contributed by atoms with E-state index in [0.717, 1.165) is 77.4 Å². The maximum atomic E-state index is 6.95. The molecular formula is C54H37BN2O2. The highest BCUT2D eigenvalue weighted by atomic mass is 16.3. The van der Waals surface area contributed by atoms with Crippen LogP contribution in [0.15, 0.2) is 179 Å². The Bertz CT molecular complexity index is 3330. The Morgan fingerprint density at radius 3 is 1.31 bits per heavy atom. The summed E-state index contributed by atoms with van der Waals surface area (Å²) >= 11 is 0. The lowest BCUT2D eigenvalue weighted by Crippen LogP contribution is -2.61. The van der Waals surface area contributed by atoms with E-state index in [1.54, 1.807) is 0 Å². The quantitative estimate of drug-likeness (QED) is 0.164. The second-order valence-corrected chi connectivity index (χ2v) is 17.3. The minimum absolute atomic E-state index is 0.109. The summed E-state index contributed by atoms with van der Waals surface area (Å²) in [6.45, 7) is 6.86. The van der Waals surface area contributed by atoms with Gasteiger partial charge in [-0.05, 0) is 111 Å². The maximum absolute atomic E-state index is 6.95. The standard InChI is InChI=1S/C54H37BN2O2/c1-54(2,3)34-26-47-51-48(27-34)57(36-18-8-5-9-19-36)46-29-42-40-25-23-33-15-11-13-21-38(33)53(40)59-50(42)31-44(46)55(51)43-30-49-41(28-45(43)56(47)35-16-6-4-7-17-35)39-24-22-32-14-10-12-20-37(32)52(39)58-49/h4-31H,1-3H3. The zero-order valence-corrected chi connectivity index (χ0v) is 33.0. The second kappa shape index (κ2) is 11.7. The van der Waals surface area contributed by atoms with Crippen LogP contribution >= 0.6 is 0 Å². The van der Waals surface area contributed by atoms with Crippen molar-refractivity contribution in [1.29, 1.82) is 0 Å². The average Bonchev–Trinajstić information content (AvgIpc) is 3.83. The lowest BCUT2D eigenvalue weighted by Gasteiger charge is -2.45. The molecule has 9 aromatic carbocycles. The summed E-state index contributed by atoms with van der Waals surface area (Å²) in [5.74, 6) is 0. The van der Waals surface area contributed by atoms with Crippen molar-refractivity contribution in [3.05, 3.63) is 175 Å². The first-order chi connectivity index (χ1) is 28.9. The van der Waals surface area contributed by atoms with Crippen molar-refractivity contribution in [2.24, 2.45) is 0 Å². The molecule has 11 aromatic rings. The van der Waals surface area contributed by atoms with Crippen LogP contribution < -0.4 is 26.2 Å². The molecular weight excluding hydrogens is 719 g/mol. The van der Waals surface area contributed by atoms with Crippen molar-refractivity contribution in [3.8, 4) is 0 Å². The lowest BCUT2D eigenvalue weighted by molar-refractivity contribution is 0.590. The molecule has 0 saturated carbocycles. The first-order valence-corrected chi connectivity index (χ1v) is 20.5. The van der Waals surface area contributed by atoms with Crippen LogP contribution in [-0.4, -0.2) is 6.71 Å². The van der Waals surface area contributed by atoms with E-state index < -0.39 is 0 Å². The lowest BCUT2D eigenvalue weighted by atomic mass is 9.33. The van der Waals surface area contributed by atoms with Gasteiger partial charge in [0, 0.05) is 66.4 Å². The van der Waals surface area contributed by atoms with Crippen LogP contribution in [0.2, 0.25) is 0 Å². The predicted molar refractivity (Wildman–Crippen MR) is 249 cm³/mol. The summed E-state index contributed by atoms with van der Waals surface area (Å²) in [6.07, 6.45) is 0. The Morgan fingerprint density at radius 2 is 0.847 bits per heavy atom. The number of anilines is 6. The average molecular weight is 757 g/mol. The zero-order chi connectivity index (χ0) is 39.1. The van der Waals surface area contributed by atoms with Crippen LogP contribution in [0.3, 0.4) is 0 Å². The first-order valence-electron chi connectivity index (χ1n) is 20.5. The predicted octanol–water partition coefficient (Wildman–Crippen LogP) is 13.2. The van der Waals surface area contributed by atoms with E-state index in [-0.39, 0.29) is 12.1 Å². The van der Waals surface area contributed by atoms with Gasteiger partial charge in [-0.15, -0.1) is 0 Å². The number of hydrogen-bond donors (Lipinski definition) is 0. The van der Waals surface area contributed by atoms with Gasteiger partial charge in [0.1, 0.15) is 22.3 Å². The molecule has 0 aliphatic carbocycles. The number of hydrogen-bond acceptors (Lipinski definition) is 4. The Hall–Kier alpha value is -7.24. The Morgan fingerprint density at radius 1 is 0.407 bits per heavy atom. The normalized spacial score (nSPS) is 13.6. The molecule has 2 aromatic heterocycles. The molecule has 0 radical (unpaired) electrons. The molecule has 4 heterocycles. The van der Waals surface area contributed by atoms with Crippen molar-refractivity contribution in [3.63, 3.8) is 0 Å². The molecule has 5 heteroatoms. The number of rotatable bonds is 2. The van der Waals surface area contributed by atoms with Gasteiger partial charge in [-0.1, -0.05) is 118 Å². The highest BCUT2D eigenvalue weighted by molar-refractivity contribution is 7.00. The van der Waals surface area contributed by atoms with Crippen molar-refractivity contribution in [2.45, 2.75) is 26.2 Å². The fraction of sp³-hybridized carbons (Fsp3) is 0.0741. The molecule has 0 atom stereocenters. The van der Waals surface area contributed by atoms with Crippen molar-refractivity contribution >= 4 is 123 Å². The van der Waals surface area contributed by atoms with Gasteiger partial charge in [0.2, 0.25) is 0 Å². The van der Waals surface area contributed by atoms with Gasteiger partial charge < -0.3 is 18.6 Å². The first kappa shape index (κ1) is 32.8. The summed E-state index contributed by atoms with van der Waals surface area (Å²) in [5.41, 5.74) is 15.4. The maximum Gasteiger partial charge on any atom is 0.252 e. The topological polar surface area (TPSA) is 32.8 Å². The summed E-state index contributed by atoms with van der Waals surface area (Å²) in [7, 11) is 0. The number of benzene rings is 9. The number of fused-ring (bicyclic) bond motifs is 14. The summed E-state index contributed by atoms with van der Waals surface area (Å²) in [4.78, 5) is 5.00. The number of para-hydroxylation sites is 2. The molecule has 2 aliphatic rings. The van der Waals surface area contributed by atoms with Gasteiger partial charge in [-0.3, -0.25) is 0 Å². The van der Waals surface area contributed by atoms with Crippen LogP contribution in [-0.2, 0) is 5.41 Å². The molecule has 2 aliphatic heterocycles. The van der Waals surface area contributed by atoms with Gasteiger partial charge in [0.05, 0.1) is 0 Å². The van der Waals surface area contributed by atoms with Crippen molar-refractivity contribution < 1.29 is 8.83 Å². The van der Waals surface area contributed by atoms with E-state index in [9.17, 15) is 0 Å². The third-order valence-electron chi connectivity index (χ3n) is 12.9. The highest BCUT2D eigenvalue weighted by Gasteiger charge is 2.45. The Kier molecular flexibility index (Phi) is 6.49. The molecule has 13 rings (SSSR count). The molecule has 0 bridgehead atoms. The highest BCUT2D eigenvalue weighted by Crippen LogP contribution is 2.48. The van der Waals surface area contributed by atoms with Crippen molar-refractivity contribution in [1.82, 2.24) is 0 Å². The fourth-order valence-corrected chi connectivity index (χ4v) is 10.1.